The number of hydrogen-bond acceptors (Lipinski definition) is 6. The van der Waals surface area contributed by atoms with E-state index in [0.29, 0.717) is 0 Å². The van der Waals surface area contributed by atoms with Crippen LogP contribution in [0.15, 0.2) is 18.6 Å². The maximum atomic E-state index is 9.56. The number of nitrogens with zero attached hydrogens (tertiary/aromatic N) is 3. The summed E-state index contributed by atoms with van der Waals surface area (Å²) in [5.74, 6) is -0.682. The Morgan fingerprint density at radius 2 is 2.05 bits per heavy atom. The average molecular weight is 305 g/mol. The van der Waals surface area contributed by atoms with E-state index in [9.17, 15) is 5.11 Å². The molecule has 7 heteroatoms. The van der Waals surface area contributed by atoms with Crippen molar-refractivity contribution in [2.45, 2.75) is 51.1 Å². The minimum absolute atomic E-state index is 0.107. The molecule has 4 atom stereocenters. The van der Waals surface area contributed by atoms with Gasteiger partial charge in [-0.3, -0.25) is 0 Å². The fourth-order valence-electron chi connectivity index (χ4n) is 3.33. The highest BCUT2D eigenvalue weighted by Gasteiger charge is 2.55. The topological polar surface area (TPSA) is 78.6 Å². The van der Waals surface area contributed by atoms with Crippen LogP contribution >= 0.6 is 0 Å². The number of fused-ring (bicyclic) bond motifs is 2. The van der Waals surface area contributed by atoms with Gasteiger partial charge < -0.3 is 23.9 Å². The van der Waals surface area contributed by atoms with Crippen molar-refractivity contribution < 1.29 is 19.3 Å². The van der Waals surface area contributed by atoms with E-state index >= 15 is 0 Å². The number of hydrogen-bond donors (Lipinski definition) is 1. The van der Waals surface area contributed by atoms with Crippen LogP contribution in [0, 0.1) is 6.92 Å². The van der Waals surface area contributed by atoms with Crippen molar-refractivity contribution in [1.29, 1.82) is 0 Å². The zero-order valence-electron chi connectivity index (χ0n) is 12.8. The molecule has 0 saturated carbocycles. The summed E-state index contributed by atoms with van der Waals surface area (Å²) < 4.78 is 19.8. The molecular weight excluding hydrogens is 286 g/mol. The van der Waals surface area contributed by atoms with E-state index in [-0.39, 0.29) is 25.0 Å². The molecule has 4 heterocycles. The number of ether oxygens (including phenoxy) is 3. The van der Waals surface area contributed by atoms with Crippen molar-refractivity contribution in [3.05, 3.63) is 24.3 Å². The van der Waals surface area contributed by atoms with Crippen molar-refractivity contribution in [3.8, 4) is 0 Å². The summed E-state index contributed by atoms with van der Waals surface area (Å²) >= 11 is 0. The van der Waals surface area contributed by atoms with E-state index in [4.69, 9.17) is 14.2 Å². The van der Waals surface area contributed by atoms with Gasteiger partial charge in [0, 0.05) is 11.6 Å². The first-order valence-electron chi connectivity index (χ1n) is 7.40. The molecule has 0 bridgehead atoms. The SMILES string of the molecule is Cc1ncnc2c1ccn2[C@@H]1O[C@H](CO)[C@H]2OC(C)(C)O[C@H]21. The number of aliphatic hydroxyl groups is 1. The van der Waals surface area contributed by atoms with Gasteiger partial charge in [-0.2, -0.15) is 0 Å². The van der Waals surface area contributed by atoms with Gasteiger partial charge in [-0.05, 0) is 26.8 Å². The minimum Gasteiger partial charge on any atom is -0.394 e. The monoisotopic (exact) mass is 305 g/mol. The fraction of sp³-hybridized carbons (Fsp3) is 0.600. The highest BCUT2D eigenvalue weighted by atomic mass is 16.8. The van der Waals surface area contributed by atoms with Crippen LogP contribution in [0.5, 0.6) is 0 Å². The first-order valence-corrected chi connectivity index (χ1v) is 7.40. The van der Waals surface area contributed by atoms with Gasteiger partial charge in [0.1, 0.15) is 30.3 Å². The summed E-state index contributed by atoms with van der Waals surface area (Å²) in [6, 6.07) is 1.97. The van der Waals surface area contributed by atoms with Gasteiger partial charge in [0.15, 0.2) is 12.0 Å². The van der Waals surface area contributed by atoms with E-state index in [1.54, 1.807) is 6.33 Å². The molecule has 2 aromatic heterocycles. The van der Waals surface area contributed by atoms with Gasteiger partial charge in [-0.25, -0.2) is 9.97 Å². The molecule has 0 aromatic carbocycles. The Hall–Kier alpha value is -1.54. The number of rotatable bonds is 2. The van der Waals surface area contributed by atoms with E-state index in [1.165, 1.54) is 0 Å². The van der Waals surface area contributed by atoms with Gasteiger partial charge in [-0.1, -0.05) is 0 Å². The standard InChI is InChI=1S/C15H19N3O4/c1-8-9-4-5-18(13(9)17-7-16-8)14-12-11(10(6-19)20-14)21-15(2,3)22-12/h4-5,7,10-12,14,19H,6H2,1-3H3/t10-,11-,12-,14-/m1/s1. The molecule has 0 spiro atoms. The Morgan fingerprint density at radius 3 is 2.82 bits per heavy atom. The van der Waals surface area contributed by atoms with Gasteiger partial charge in [0.25, 0.3) is 0 Å². The molecule has 0 radical (unpaired) electrons. The lowest BCUT2D eigenvalue weighted by Crippen LogP contribution is -2.31. The largest absolute Gasteiger partial charge is 0.394 e. The first-order chi connectivity index (χ1) is 10.5. The van der Waals surface area contributed by atoms with E-state index < -0.39 is 11.9 Å². The highest BCUT2D eigenvalue weighted by Crippen LogP contribution is 2.43. The van der Waals surface area contributed by atoms with Crippen molar-refractivity contribution in [2.75, 3.05) is 6.61 Å². The second kappa shape index (κ2) is 4.73. The molecule has 2 aliphatic rings. The molecule has 2 fully saturated rings. The maximum absolute atomic E-state index is 9.56. The van der Waals surface area contributed by atoms with Crippen LogP contribution in [0.4, 0.5) is 0 Å². The summed E-state index contributed by atoms with van der Waals surface area (Å²) in [6.07, 6.45) is 2.11. The van der Waals surface area contributed by atoms with Crippen molar-refractivity contribution in [1.82, 2.24) is 14.5 Å². The summed E-state index contributed by atoms with van der Waals surface area (Å²) in [6.45, 7) is 5.58. The minimum atomic E-state index is -0.682. The predicted molar refractivity (Wildman–Crippen MR) is 77.1 cm³/mol. The van der Waals surface area contributed by atoms with Gasteiger partial charge in [0.2, 0.25) is 0 Å². The fourth-order valence-corrected chi connectivity index (χ4v) is 3.33. The molecular formula is C15H19N3O4. The van der Waals surface area contributed by atoms with Crippen LogP contribution in [-0.4, -0.2) is 50.3 Å². The summed E-state index contributed by atoms with van der Waals surface area (Å²) in [7, 11) is 0. The molecule has 7 nitrogen and oxygen atoms in total. The number of aliphatic hydroxyl groups excluding tert-OH is 1. The number of aromatic nitrogens is 3. The highest BCUT2D eigenvalue weighted by molar-refractivity contribution is 5.78. The van der Waals surface area contributed by atoms with Crippen molar-refractivity contribution >= 4 is 11.0 Å². The zero-order chi connectivity index (χ0) is 15.5. The summed E-state index contributed by atoms with van der Waals surface area (Å²) in [5, 5.41) is 10.5. The van der Waals surface area contributed by atoms with Gasteiger partial charge in [-0.15, -0.1) is 0 Å². The third-order valence-corrected chi connectivity index (χ3v) is 4.29. The molecule has 2 aromatic rings. The zero-order valence-corrected chi connectivity index (χ0v) is 12.8. The Labute approximate surface area is 127 Å². The third kappa shape index (κ3) is 1.97. The van der Waals surface area contributed by atoms with Crippen LogP contribution in [0.1, 0.15) is 25.8 Å². The van der Waals surface area contributed by atoms with Crippen LogP contribution in [0.2, 0.25) is 0 Å². The molecule has 0 amide bonds. The third-order valence-electron chi connectivity index (χ3n) is 4.29. The van der Waals surface area contributed by atoms with Gasteiger partial charge in [0.05, 0.1) is 12.3 Å². The number of aryl methyl sites for hydroxylation is 1. The Morgan fingerprint density at radius 1 is 1.27 bits per heavy atom. The summed E-state index contributed by atoms with van der Waals surface area (Å²) in [5.41, 5.74) is 1.71. The summed E-state index contributed by atoms with van der Waals surface area (Å²) in [4.78, 5) is 8.57. The lowest BCUT2D eigenvalue weighted by atomic mass is 10.1. The molecule has 4 rings (SSSR count). The van der Waals surface area contributed by atoms with Crippen LogP contribution in [0.3, 0.4) is 0 Å². The maximum Gasteiger partial charge on any atom is 0.164 e. The molecule has 0 aliphatic carbocycles. The van der Waals surface area contributed by atoms with Crippen LogP contribution in [-0.2, 0) is 14.2 Å². The van der Waals surface area contributed by atoms with Gasteiger partial charge >= 0.3 is 0 Å². The quantitative estimate of drug-likeness (QED) is 0.896. The predicted octanol–water partition coefficient (Wildman–Crippen LogP) is 1.15. The second-order valence-corrected chi connectivity index (χ2v) is 6.23. The molecule has 118 valence electrons. The average Bonchev–Trinajstić information content (AvgIpc) is 3.10. The van der Waals surface area contributed by atoms with Crippen molar-refractivity contribution in [3.63, 3.8) is 0 Å². The van der Waals surface area contributed by atoms with E-state index in [2.05, 4.69) is 9.97 Å². The van der Waals surface area contributed by atoms with Crippen LogP contribution < -0.4 is 0 Å². The Balaban J connectivity index is 1.77. The normalized spacial score (nSPS) is 33.5. The second-order valence-electron chi connectivity index (χ2n) is 6.23. The van der Waals surface area contributed by atoms with Crippen molar-refractivity contribution in [2.24, 2.45) is 0 Å². The Bertz CT molecular complexity index is 714. The Kier molecular flexibility index (Phi) is 3.02. The molecule has 22 heavy (non-hydrogen) atoms. The lowest BCUT2D eigenvalue weighted by molar-refractivity contribution is -0.199. The molecule has 2 aliphatic heterocycles. The first kappa shape index (κ1) is 14.1. The van der Waals surface area contributed by atoms with E-state index in [1.807, 2.05) is 37.6 Å². The molecule has 1 N–H and O–H groups in total. The smallest absolute Gasteiger partial charge is 0.164 e. The lowest BCUT2D eigenvalue weighted by Gasteiger charge is -2.24. The molecule has 2 saturated heterocycles. The van der Waals surface area contributed by atoms with E-state index in [0.717, 1.165) is 16.7 Å². The molecule has 0 unspecified atom stereocenters. The van der Waals surface area contributed by atoms with Crippen LogP contribution in [0.25, 0.3) is 11.0 Å².